The zero-order valence-corrected chi connectivity index (χ0v) is 14.1. The Morgan fingerprint density at radius 1 is 1.40 bits per heavy atom. The van der Waals surface area contributed by atoms with Crippen molar-refractivity contribution in [2.24, 2.45) is 5.73 Å². The number of aryl methyl sites for hydroxylation is 1. The highest BCUT2D eigenvalue weighted by Gasteiger charge is 2.19. The molecule has 116 valence electrons. The fourth-order valence-corrected chi connectivity index (χ4v) is 3.26. The van der Waals surface area contributed by atoms with E-state index in [9.17, 15) is 8.42 Å². The third kappa shape index (κ3) is 5.58. The first kappa shape index (κ1) is 19.7. The number of halogens is 2. The lowest BCUT2D eigenvalue weighted by Crippen LogP contribution is -2.40. The second kappa shape index (κ2) is 8.85. The quantitative estimate of drug-likeness (QED) is 0.801. The Bertz CT molecular complexity index is 521. The summed E-state index contributed by atoms with van der Waals surface area (Å²) in [5, 5.41) is 0.445. The van der Waals surface area contributed by atoms with E-state index in [1.807, 2.05) is 6.92 Å². The van der Waals surface area contributed by atoms with Crippen molar-refractivity contribution in [3.8, 4) is 0 Å². The molecule has 1 aromatic rings. The summed E-state index contributed by atoms with van der Waals surface area (Å²) in [5.74, 6) is 0. The lowest BCUT2D eigenvalue weighted by atomic mass is 10.1. The first-order chi connectivity index (χ1) is 8.90. The Balaban J connectivity index is 0.00000361. The minimum absolute atomic E-state index is 0. The van der Waals surface area contributed by atoms with Crippen LogP contribution in [-0.2, 0) is 10.0 Å². The molecule has 4 nitrogen and oxygen atoms in total. The molecule has 0 aliphatic carbocycles. The molecule has 1 aromatic carbocycles. The number of sulfonamides is 1. The maximum absolute atomic E-state index is 12.2. The summed E-state index contributed by atoms with van der Waals surface area (Å²) in [7, 11) is -3.56. The Morgan fingerprint density at radius 2 is 2.05 bits per heavy atom. The van der Waals surface area contributed by atoms with E-state index in [0.29, 0.717) is 11.6 Å². The van der Waals surface area contributed by atoms with Gasteiger partial charge in [0.2, 0.25) is 10.0 Å². The van der Waals surface area contributed by atoms with Crippen LogP contribution in [0.4, 0.5) is 0 Å². The van der Waals surface area contributed by atoms with Gasteiger partial charge < -0.3 is 5.73 Å². The first-order valence-corrected chi connectivity index (χ1v) is 8.25. The molecule has 0 aliphatic rings. The molecule has 0 fully saturated rings. The van der Waals surface area contributed by atoms with E-state index in [4.69, 9.17) is 17.3 Å². The van der Waals surface area contributed by atoms with Crippen molar-refractivity contribution in [1.29, 1.82) is 0 Å². The third-order valence-electron chi connectivity index (χ3n) is 2.97. The first-order valence-electron chi connectivity index (χ1n) is 6.39. The van der Waals surface area contributed by atoms with Crippen molar-refractivity contribution in [1.82, 2.24) is 4.72 Å². The molecular formula is C13H22Cl2N2O2S. The molecule has 0 amide bonds. The zero-order valence-electron chi connectivity index (χ0n) is 11.7. The van der Waals surface area contributed by atoms with E-state index in [-0.39, 0.29) is 23.3 Å². The smallest absolute Gasteiger partial charge is 0.240 e. The topological polar surface area (TPSA) is 72.2 Å². The molecule has 7 heteroatoms. The van der Waals surface area contributed by atoms with Gasteiger partial charge in [0, 0.05) is 17.6 Å². The molecule has 0 saturated heterocycles. The van der Waals surface area contributed by atoms with E-state index >= 15 is 0 Å². The molecule has 3 N–H and O–H groups in total. The summed E-state index contributed by atoms with van der Waals surface area (Å²) in [4.78, 5) is 0.179. The number of hydrogen-bond acceptors (Lipinski definition) is 3. The number of nitrogens with two attached hydrogens (primary N) is 1. The molecule has 20 heavy (non-hydrogen) atoms. The monoisotopic (exact) mass is 340 g/mol. The van der Waals surface area contributed by atoms with Gasteiger partial charge in [-0.2, -0.15) is 0 Å². The Kier molecular flexibility index (Phi) is 8.70. The van der Waals surface area contributed by atoms with Gasteiger partial charge in [0.1, 0.15) is 0 Å². The minimum Gasteiger partial charge on any atom is -0.329 e. The van der Waals surface area contributed by atoms with Crippen LogP contribution in [0.3, 0.4) is 0 Å². The summed E-state index contributed by atoms with van der Waals surface area (Å²) in [5.41, 5.74) is 6.45. The second-order valence-corrected chi connectivity index (χ2v) is 6.73. The normalized spacial score (nSPS) is 12.8. The Hall–Kier alpha value is -0.330. The maximum Gasteiger partial charge on any atom is 0.240 e. The van der Waals surface area contributed by atoms with Crippen LogP contribution in [0, 0.1) is 6.92 Å². The largest absolute Gasteiger partial charge is 0.329 e. The van der Waals surface area contributed by atoms with Gasteiger partial charge in [-0.25, -0.2) is 13.1 Å². The molecule has 0 saturated carbocycles. The highest BCUT2D eigenvalue weighted by atomic mass is 35.5. The number of unbranched alkanes of at least 4 members (excludes halogenated alkanes) is 1. The van der Waals surface area contributed by atoms with Crippen LogP contribution >= 0.6 is 24.0 Å². The molecule has 0 aliphatic heterocycles. The van der Waals surface area contributed by atoms with Crippen LogP contribution in [0.25, 0.3) is 0 Å². The average molecular weight is 341 g/mol. The summed E-state index contributed by atoms with van der Waals surface area (Å²) >= 11 is 5.96. The zero-order chi connectivity index (χ0) is 14.5. The molecule has 1 unspecified atom stereocenters. The molecular weight excluding hydrogens is 319 g/mol. The second-order valence-electron chi connectivity index (χ2n) is 4.61. The number of nitrogens with one attached hydrogen (secondary N) is 1. The predicted molar refractivity (Wildman–Crippen MR) is 86.1 cm³/mol. The standard InChI is InChI=1S/C13H21ClN2O2S.ClH/c1-3-4-5-11(9-15)16-19(17,18)12-7-6-10(2)13(14)8-12;/h6-8,11,16H,3-5,9,15H2,1-2H3;1H. The van der Waals surface area contributed by atoms with E-state index in [1.54, 1.807) is 12.1 Å². The van der Waals surface area contributed by atoms with Crippen LogP contribution in [0.15, 0.2) is 23.1 Å². The average Bonchev–Trinajstić information content (AvgIpc) is 2.37. The highest BCUT2D eigenvalue weighted by Crippen LogP contribution is 2.20. The van der Waals surface area contributed by atoms with Crippen molar-refractivity contribution < 1.29 is 8.42 Å². The van der Waals surface area contributed by atoms with Gasteiger partial charge in [-0.15, -0.1) is 12.4 Å². The van der Waals surface area contributed by atoms with Crippen molar-refractivity contribution in [3.63, 3.8) is 0 Å². The van der Waals surface area contributed by atoms with Crippen molar-refractivity contribution >= 4 is 34.0 Å². The van der Waals surface area contributed by atoms with Gasteiger partial charge in [-0.3, -0.25) is 0 Å². The van der Waals surface area contributed by atoms with E-state index in [1.165, 1.54) is 6.07 Å². The van der Waals surface area contributed by atoms with E-state index < -0.39 is 10.0 Å². The van der Waals surface area contributed by atoms with Crippen LogP contribution < -0.4 is 10.5 Å². The molecule has 0 bridgehead atoms. The number of hydrogen-bond donors (Lipinski definition) is 2. The molecule has 0 aromatic heterocycles. The van der Waals surface area contributed by atoms with Gasteiger partial charge in [0.25, 0.3) is 0 Å². The van der Waals surface area contributed by atoms with Crippen LogP contribution in [0.1, 0.15) is 31.7 Å². The van der Waals surface area contributed by atoms with Gasteiger partial charge >= 0.3 is 0 Å². The van der Waals surface area contributed by atoms with E-state index in [2.05, 4.69) is 11.6 Å². The van der Waals surface area contributed by atoms with Gasteiger partial charge in [0.05, 0.1) is 4.90 Å². The molecule has 1 atom stereocenters. The van der Waals surface area contributed by atoms with Gasteiger partial charge in [0.15, 0.2) is 0 Å². The predicted octanol–water partition coefficient (Wildman–Crippen LogP) is 2.87. The van der Waals surface area contributed by atoms with Gasteiger partial charge in [-0.05, 0) is 31.0 Å². The number of benzene rings is 1. The fraction of sp³-hybridized carbons (Fsp3) is 0.538. The lowest BCUT2D eigenvalue weighted by molar-refractivity contribution is 0.516. The summed E-state index contributed by atoms with van der Waals surface area (Å²) in [6.07, 6.45) is 2.69. The summed E-state index contributed by atoms with van der Waals surface area (Å²) in [6.45, 7) is 4.18. The van der Waals surface area contributed by atoms with Gasteiger partial charge in [-0.1, -0.05) is 37.4 Å². The third-order valence-corrected chi connectivity index (χ3v) is 4.89. The fourth-order valence-electron chi connectivity index (χ4n) is 1.70. The molecule has 0 heterocycles. The van der Waals surface area contributed by atoms with E-state index in [0.717, 1.165) is 24.8 Å². The highest BCUT2D eigenvalue weighted by molar-refractivity contribution is 7.89. The van der Waals surface area contributed by atoms with Crippen molar-refractivity contribution in [3.05, 3.63) is 28.8 Å². The number of rotatable bonds is 7. The molecule has 0 spiro atoms. The van der Waals surface area contributed by atoms with Crippen LogP contribution in [0.2, 0.25) is 5.02 Å². The SMILES string of the molecule is CCCCC(CN)NS(=O)(=O)c1ccc(C)c(Cl)c1.Cl. The van der Waals surface area contributed by atoms with Crippen LogP contribution in [-0.4, -0.2) is 21.0 Å². The Morgan fingerprint density at radius 3 is 2.55 bits per heavy atom. The van der Waals surface area contributed by atoms with Crippen LogP contribution in [0.5, 0.6) is 0 Å². The minimum atomic E-state index is -3.56. The summed E-state index contributed by atoms with van der Waals surface area (Å²) in [6, 6.07) is 4.48. The summed E-state index contributed by atoms with van der Waals surface area (Å²) < 4.78 is 27.0. The van der Waals surface area contributed by atoms with Crippen molar-refractivity contribution in [2.75, 3.05) is 6.54 Å². The maximum atomic E-state index is 12.2. The van der Waals surface area contributed by atoms with Crippen molar-refractivity contribution in [2.45, 2.75) is 44.0 Å². The Labute approximate surface area is 132 Å². The molecule has 0 radical (unpaired) electrons. The lowest BCUT2D eigenvalue weighted by Gasteiger charge is -2.17. The molecule has 1 rings (SSSR count).